The van der Waals surface area contributed by atoms with Gasteiger partial charge in [-0.2, -0.15) is 5.21 Å². The topological polar surface area (TPSA) is 121 Å². The molecule has 1 amide bonds. The first-order chi connectivity index (χ1) is 18.0. The van der Waals surface area contributed by atoms with Crippen molar-refractivity contribution >= 4 is 22.8 Å². The molecule has 2 N–H and O–H groups in total. The lowest BCUT2D eigenvalue weighted by atomic mass is 9.85. The zero-order valence-corrected chi connectivity index (χ0v) is 20.7. The maximum Gasteiger partial charge on any atom is 0.410 e. The molecule has 1 saturated carbocycles. The Morgan fingerprint density at radius 2 is 1.76 bits per heavy atom. The molecular formula is C28H29N5O4. The highest BCUT2D eigenvalue weighted by atomic mass is 16.6. The number of benzene rings is 3. The van der Waals surface area contributed by atoms with Crippen molar-refractivity contribution in [1.29, 1.82) is 0 Å². The predicted molar refractivity (Wildman–Crippen MR) is 139 cm³/mol. The van der Waals surface area contributed by atoms with Crippen molar-refractivity contribution < 1.29 is 19.4 Å². The molecule has 3 aromatic carbocycles. The number of carbonyl (C=O) groups is 2. The van der Waals surface area contributed by atoms with E-state index in [2.05, 4.69) is 26.7 Å². The van der Waals surface area contributed by atoms with Gasteiger partial charge in [-0.05, 0) is 64.6 Å². The normalized spacial score (nSPS) is 14.5. The molecule has 0 spiro atoms. The Bertz CT molecular complexity index is 1410. The average Bonchev–Trinajstić information content (AvgIpc) is 3.62. The van der Waals surface area contributed by atoms with Crippen LogP contribution in [0.1, 0.15) is 38.2 Å². The Balaban J connectivity index is 1.43. The van der Waals surface area contributed by atoms with E-state index in [0.29, 0.717) is 18.7 Å². The number of aliphatic carboxylic acids is 1. The number of nitrogens with zero attached hydrogens (tertiary/aromatic N) is 4. The van der Waals surface area contributed by atoms with Crippen LogP contribution in [-0.2, 0) is 16.1 Å². The largest absolute Gasteiger partial charge is 0.481 e. The molecule has 9 nitrogen and oxygen atoms in total. The summed E-state index contributed by atoms with van der Waals surface area (Å²) in [5.74, 6) is -0.307. The molecule has 0 bridgehead atoms. The lowest BCUT2D eigenvalue weighted by Gasteiger charge is -2.31. The number of H-pyrrole nitrogens is 1. The Morgan fingerprint density at radius 3 is 2.46 bits per heavy atom. The second-order valence-electron chi connectivity index (χ2n) is 9.52. The van der Waals surface area contributed by atoms with E-state index in [4.69, 9.17) is 4.74 Å². The van der Waals surface area contributed by atoms with Crippen LogP contribution >= 0.6 is 0 Å². The van der Waals surface area contributed by atoms with Gasteiger partial charge in [-0.25, -0.2) is 4.79 Å². The predicted octanol–water partition coefficient (Wildman–Crippen LogP) is 5.29. The first kappa shape index (κ1) is 24.4. The summed E-state index contributed by atoms with van der Waals surface area (Å²) in [5, 5.41) is 26.5. The highest BCUT2D eigenvalue weighted by Gasteiger charge is 2.43. The van der Waals surface area contributed by atoms with Crippen molar-refractivity contribution in [2.75, 3.05) is 13.2 Å². The number of aromatic amines is 1. The molecule has 190 valence electrons. The molecule has 5 rings (SSSR count). The van der Waals surface area contributed by atoms with Crippen LogP contribution in [0.15, 0.2) is 60.7 Å². The van der Waals surface area contributed by atoms with Gasteiger partial charge >= 0.3 is 12.1 Å². The van der Waals surface area contributed by atoms with E-state index < -0.39 is 17.5 Å². The fraction of sp³-hybridized carbons (Fsp3) is 0.321. The van der Waals surface area contributed by atoms with Gasteiger partial charge in [0.15, 0.2) is 0 Å². The molecule has 1 aliphatic rings. The number of hydrogen-bond donors (Lipinski definition) is 2. The van der Waals surface area contributed by atoms with Gasteiger partial charge in [0.05, 0.1) is 12.0 Å². The first-order valence-corrected chi connectivity index (χ1v) is 12.5. The van der Waals surface area contributed by atoms with E-state index in [1.165, 1.54) is 0 Å². The van der Waals surface area contributed by atoms with E-state index in [0.717, 1.165) is 45.9 Å². The van der Waals surface area contributed by atoms with Crippen molar-refractivity contribution in [3.63, 3.8) is 0 Å². The molecule has 0 aliphatic heterocycles. The lowest BCUT2D eigenvalue weighted by Crippen LogP contribution is -2.44. The van der Waals surface area contributed by atoms with E-state index in [1.807, 2.05) is 54.6 Å². The number of aromatic nitrogens is 4. The van der Waals surface area contributed by atoms with Crippen LogP contribution in [0, 0.1) is 5.41 Å². The molecule has 1 aromatic heterocycles. The minimum absolute atomic E-state index is 0.144. The number of fused-ring (bicyclic) bond motifs is 1. The van der Waals surface area contributed by atoms with Crippen molar-refractivity contribution in [1.82, 2.24) is 25.5 Å². The summed E-state index contributed by atoms with van der Waals surface area (Å²) in [6.45, 7) is 2.42. The van der Waals surface area contributed by atoms with Gasteiger partial charge in [0.1, 0.15) is 0 Å². The molecule has 0 unspecified atom stereocenters. The third-order valence-electron chi connectivity index (χ3n) is 7.14. The number of carboxylic acids is 1. The molecule has 0 atom stereocenters. The standard InChI is InChI=1S/C28H29N5O4/c1-2-37-27(36)33(18-28(26(34)35)13-5-6-14-28)17-19-9-10-21-16-22(12-11-20(21)15-19)23-7-3-4-8-24(23)25-29-31-32-30-25/h3-4,7-12,15-16H,2,5-6,13-14,17-18H2,1H3,(H,34,35)(H,29,30,31,32). The summed E-state index contributed by atoms with van der Waals surface area (Å²) in [6, 6.07) is 20.2. The number of nitrogens with one attached hydrogen (secondary N) is 1. The fourth-order valence-electron chi connectivity index (χ4n) is 5.24. The highest BCUT2D eigenvalue weighted by Crippen LogP contribution is 2.40. The molecule has 0 radical (unpaired) electrons. The van der Waals surface area contributed by atoms with Crippen LogP contribution < -0.4 is 0 Å². The number of amides is 1. The molecule has 0 saturated heterocycles. The van der Waals surface area contributed by atoms with Crippen LogP contribution in [0.2, 0.25) is 0 Å². The molecular weight excluding hydrogens is 470 g/mol. The van der Waals surface area contributed by atoms with Gasteiger partial charge in [-0.3, -0.25) is 4.79 Å². The minimum Gasteiger partial charge on any atom is -0.481 e. The molecule has 37 heavy (non-hydrogen) atoms. The first-order valence-electron chi connectivity index (χ1n) is 12.5. The summed E-state index contributed by atoms with van der Waals surface area (Å²) >= 11 is 0. The third-order valence-corrected chi connectivity index (χ3v) is 7.14. The number of ether oxygens (including phenoxy) is 1. The zero-order valence-electron chi connectivity index (χ0n) is 20.7. The van der Waals surface area contributed by atoms with E-state index >= 15 is 0 Å². The number of hydrogen-bond acceptors (Lipinski definition) is 6. The van der Waals surface area contributed by atoms with Crippen LogP contribution in [0.5, 0.6) is 0 Å². The van der Waals surface area contributed by atoms with Gasteiger partial charge in [0, 0.05) is 18.7 Å². The summed E-state index contributed by atoms with van der Waals surface area (Å²) in [4.78, 5) is 26.5. The highest BCUT2D eigenvalue weighted by molar-refractivity contribution is 5.90. The molecule has 1 fully saturated rings. The van der Waals surface area contributed by atoms with Gasteiger partial charge < -0.3 is 14.7 Å². The lowest BCUT2D eigenvalue weighted by molar-refractivity contribution is -0.149. The number of carbonyl (C=O) groups excluding carboxylic acids is 1. The maximum atomic E-state index is 12.8. The monoisotopic (exact) mass is 499 g/mol. The van der Waals surface area contributed by atoms with Crippen molar-refractivity contribution in [3.8, 4) is 22.5 Å². The van der Waals surface area contributed by atoms with Crippen molar-refractivity contribution in [3.05, 3.63) is 66.2 Å². The Labute approximate surface area is 214 Å². The van der Waals surface area contributed by atoms with Crippen LogP contribution in [-0.4, -0.2) is 55.8 Å². The fourth-order valence-corrected chi connectivity index (χ4v) is 5.24. The van der Waals surface area contributed by atoms with Crippen LogP contribution in [0.4, 0.5) is 4.79 Å². The number of rotatable bonds is 8. The van der Waals surface area contributed by atoms with E-state index in [1.54, 1.807) is 11.8 Å². The Morgan fingerprint density at radius 1 is 1.03 bits per heavy atom. The van der Waals surface area contributed by atoms with Gasteiger partial charge in [0.2, 0.25) is 5.82 Å². The van der Waals surface area contributed by atoms with Crippen LogP contribution in [0.25, 0.3) is 33.3 Å². The number of tetrazole rings is 1. The maximum absolute atomic E-state index is 12.8. The van der Waals surface area contributed by atoms with Gasteiger partial charge in [-0.15, -0.1) is 10.2 Å². The SMILES string of the molecule is CCOC(=O)N(Cc1ccc2cc(-c3ccccc3-c3nn[nH]n3)ccc2c1)CC1(C(=O)O)CCCC1. The van der Waals surface area contributed by atoms with Crippen LogP contribution in [0.3, 0.4) is 0 Å². The Hall–Kier alpha value is -4.27. The third kappa shape index (κ3) is 5.02. The summed E-state index contributed by atoms with van der Waals surface area (Å²) in [5.41, 5.74) is 2.91. The number of carboxylic acid groups (broad SMARTS) is 1. The smallest absolute Gasteiger partial charge is 0.410 e. The Kier molecular flexibility index (Phi) is 6.85. The van der Waals surface area contributed by atoms with E-state index in [9.17, 15) is 14.7 Å². The van der Waals surface area contributed by atoms with Gasteiger partial charge in [0.25, 0.3) is 0 Å². The second-order valence-corrected chi connectivity index (χ2v) is 9.52. The average molecular weight is 500 g/mol. The zero-order chi connectivity index (χ0) is 25.8. The molecule has 1 heterocycles. The summed E-state index contributed by atoms with van der Waals surface area (Å²) in [6.07, 6.45) is 2.38. The second kappa shape index (κ2) is 10.4. The summed E-state index contributed by atoms with van der Waals surface area (Å²) in [7, 11) is 0. The minimum atomic E-state index is -0.912. The quantitative estimate of drug-likeness (QED) is 0.338. The summed E-state index contributed by atoms with van der Waals surface area (Å²) < 4.78 is 5.28. The molecule has 9 heteroatoms. The molecule has 1 aliphatic carbocycles. The van der Waals surface area contributed by atoms with Gasteiger partial charge in [-0.1, -0.05) is 61.4 Å². The molecule has 4 aromatic rings. The van der Waals surface area contributed by atoms with Crippen molar-refractivity contribution in [2.24, 2.45) is 5.41 Å². The van der Waals surface area contributed by atoms with Crippen molar-refractivity contribution in [2.45, 2.75) is 39.2 Å². The van der Waals surface area contributed by atoms with E-state index in [-0.39, 0.29) is 19.7 Å².